The molecular weight excluding hydrogens is 272 g/mol. The van der Waals surface area contributed by atoms with Gasteiger partial charge in [0.15, 0.2) is 12.6 Å². The van der Waals surface area contributed by atoms with Crippen molar-refractivity contribution in [2.75, 3.05) is 0 Å². The second-order valence-corrected chi connectivity index (χ2v) is 5.32. The van der Waals surface area contributed by atoms with Crippen LogP contribution in [-0.2, 0) is 0 Å². The zero-order valence-electron chi connectivity index (χ0n) is 11.7. The smallest absolute Gasteiger partial charge is 0.151 e. The Kier molecular flexibility index (Phi) is 2.76. The van der Waals surface area contributed by atoms with Gasteiger partial charge in [-0.3, -0.25) is 9.59 Å². The lowest BCUT2D eigenvalue weighted by Crippen LogP contribution is -1.94. The summed E-state index contributed by atoms with van der Waals surface area (Å²) in [4.78, 5) is 23.5. The van der Waals surface area contributed by atoms with Crippen LogP contribution in [0.1, 0.15) is 20.7 Å². The molecular formula is C20H12O2. The molecule has 0 N–H and O–H groups in total. The maximum Gasteiger partial charge on any atom is 0.151 e. The number of carbonyl (C=O) groups is 2. The Balaban J connectivity index is 2.42. The van der Waals surface area contributed by atoms with Crippen molar-refractivity contribution in [2.24, 2.45) is 0 Å². The van der Waals surface area contributed by atoms with Crippen LogP contribution in [0.3, 0.4) is 0 Å². The molecule has 0 saturated carbocycles. The quantitative estimate of drug-likeness (QED) is 0.302. The maximum absolute atomic E-state index is 11.8. The van der Waals surface area contributed by atoms with Crippen molar-refractivity contribution in [3.05, 3.63) is 71.8 Å². The molecule has 0 aliphatic heterocycles. The summed E-state index contributed by atoms with van der Waals surface area (Å²) in [5, 5.41) is 5.38. The van der Waals surface area contributed by atoms with E-state index in [1.54, 1.807) is 0 Å². The summed E-state index contributed by atoms with van der Waals surface area (Å²) in [6.45, 7) is 0. The van der Waals surface area contributed by atoms with Gasteiger partial charge in [0.1, 0.15) is 0 Å². The van der Waals surface area contributed by atoms with E-state index in [-0.39, 0.29) is 0 Å². The highest BCUT2D eigenvalue weighted by atomic mass is 16.1. The minimum atomic E-state index is 0.641. The third-order valence-corrected chi connectivity index (χ3v) is 4.23. The van der Waals surface area contributed by atoms with Gasteiger partial charge in [-0.2, -0.15) is 0 Å². The number of hydrogen-bond acceptors (Lipinski definition) is 2. The number of fused-ring (bicyclic) bond motifs is 4. The number of hydrogen-bond donors (Lipinski definition) is 0. The molecule has 0 unspecified atom stereocenters. The summed E-state index contributed by atoms with van der Waals surface area (Å²) < 4.78 is 0. The summed E-state index contributed by atoms with van der Waals surface area (Å²) >= 11 is 0. The van der Waals surface area contributed by atoms with Gasteiger partial charge in [0.2, 0.25) is 0 Å². The fraction of sp³-hybridized carbons (Fsp3) is 0. The van der Waals surface area contributed by atoms with Gasteiger partial charge in [0.25, 0.3) is 0 Å². The molecule has 0 amide bonds. The predicted molar refractivity (Wildman–Crippen MR) is 89.7 cm³/mol. The largest absolute Gasteiger partial charge is 0.298 e. The first-order valence-corrected chi connectivity index (χ1v) is 7.11. The lowest BCUT2D eigenvalue weighted by atomic mass is 9.90. The third-order valence-electron chi connectivity index (χ3n) is 4.23. The van der Waals surface area contributed by atoms with Crippen LogP contribution in [0.5, 0.6) is 0 Å². The molecule has 2 heteroatoms. The van der Waals surface area contributed by atoms with Crippen LogP contribution in [0.4, 0.5) is 0 Å². The lowest BCUT2D eigenvalue weighted by molar-refractivity contribution is 0.111. The van der Waals surface area contributed by atoms with Gasteiger partial charge in [-0.05, 0) is 26.9 Å². The molecule has 0 spiro atoms. The van der Waals surface area contributed by atoms with Gasteiger partial charge in [-0.15, -0.1) is 0 Å². The molecule has 22 heavy (non-hydrogen) atoms. The third kappa shape index (κ3) is 1.61. The molecule has 4 rings (SSSR count). The van der Waals surface area contributed by atoms with E-state index in [0.29, 0.717) is 11.1 Å². The van der Waals surface area contributed by atoms with E-state index in [1.807, 2.05) is 60.7 Å². The first kappa shape index (κ1) is 12.7. The molecule has 0 heterocycles. The Labute approximate surface area is 127 Å². The van der Waals surface area contributed by atoms with Crippen LogP contribution in [0.15, 0.2) is 60.7 Å². The van der Waals surface area contributed by atoms with Gasteiger partial charge >= 0.3 is 0 Å². The molecule has 104 valence electrons. The molecule has 0 aromatic heterocycles. The molecule has 0 bridgehead atoms. The van der Waals surface area contributed by atoms with Crippen molar-refractivity contribution in [1.82, 2.24) is 0 Å². The maximum atomic E-state index is 11.8. The monoisotopic (exact) mass is 284 g/mol. The number of carbonyl (C=O) groups excluding carboxylic acids is 2. The van der Waals surface area contributed by atoms with Gasteiger partial charge < -0.3 is 0 Å². The van der Waals surface area contributed by atoms with Crippen LogP contribution in [0, 0.1) is 0 Å². The predicted octanol–water partition coefficient (Wildman–Crippen LogP) is 4.77. The normalized spacial score (nSPS) is 11.1. The average molecular weight is 284 g/mol. The van der Waals surface area contributed by atoms with E-state index < -0.39 is 0 Å². The Morgan fingerprint density at radius 3 is 1.82 bits per heavy atom. The Morgan fingerprint density at radius 2 is 1.14 bits per heavy atom. The summed E-state index contributed by atoms with van der Waals surface area (Å²) in [6.07, 6.45) is 1.78. The van der Waals surface area contributed by atoms with Crippen LogP contribution in [-0.4, -0.2) is 12.6 Å². The molecule has 0 aliphatic rings. The Bertz CT molecular complexity index is 1060. The summed E-state index contributed by atoms with van der Waals surface area (Å²) in [5.74, 6) is 0. The number of benzene rings is 4. The van der Waals surface area contributed by atoms with Crippen LogP contribution >= 0.6 is 0 Å². The van der Waals surface area contributed by atoms with Crippen molar-refractivity contribution in [1.29, 1.82) is 0 Å². The SMILES string of the molecule is O=Cc1c2ccccc2c(C=O)c2c1ccc1ccccc12. The lowest BCUT2D eigenvalue weighted by Gasteiger charge is -2.12. The zero-order chi connectivity index (χ0) is 15.1. The van der Waals surface area contributed by atoms with E-state index in [1.165, 1.54) is 0 Å². The first-order valence-electron chi connectivity index (χ1n) is 7.11. The molecule has 4 aromatic rings. The molecule has 0 radical (unpaired) electrons. The minimum Gasteiger partial charge on any atom is -0.298 e. The minimum absolute atomic E-state index is 0.641. The second kappa shape index (κ2) is 4.78. The van der Waals surface area contributed by atoms with Crippen molar-refractivity contribution in [3.8, 4) is 0 Å². The van der Waals surface area contributed by atoms with Crippen molar-refractivity contribution in [3.63, 3.8) is 0 Å². The summed E-state index contributed by atoms with van der Waals surface area (Å²) in [7, 11) is 0. The van der Waals surface area contributed by atoms with Crippen molar-refractivity contribution >= 4 is 44.9 Å². The first-order chi connectivity index (χ1) is 10.8. The van der Waals surface area contributed by atoms with Crippen LogP contribution in [0.2, 0.25) is 0 Å². The zero-order valence-corrected chi connectivity index (χ0v) is 11.7. The molecule has 4 aromatic carbocycles. The molecule has 2 nitrogen and oxygen atoms in total. The summed E-state index contributed by atoms with van der Waals surface area (Å²) in [6, 6.07) is 19.4. The van der Waals surface area contributed by atoms with Gasteiger partial charge in [-0.25, -0.2) is 0 Å². The fourth-order valence-corrected chi connectivity index (χ4v) is 3.27. The van der Waals surface area contributed by atoms with E-state index in [0.717, 1.165) is 44.9 Å². The molecule has 0 aliphatic carbocycles. The Morgan fingerprint density at radius 1 is 0.545 bits per heavy atom. The topological polar surface area (TPSA) is 34.1 Å². The average Bonchev–Trinajstić information content (AvgIpc) is 2.59. The number of aldehydes is 2. The highest BCUT2D eigenvalue weighted by molar-refractivity contribution is 6.26. The summed E-state index contributed by atoms with van der Waals surface area (Å²) in [5.41, 5.74) is 1.29. The van der Waals surface area contributed by atoms with Crippen molar-refractivity contribution in [2.45, 2.75) is 0 Å². The molecule has 0 saturated heterocycles. The van der Waals surface area contributed by atoms with E-state index in [9.17, 15) is 9.59 Å². The number of rotatable bonds is 2. The van der Waals surface area contributed by atoms with E-state index >= 15 is 0 Å². The van der Waals surface area contributed by atoms with E-state index in [4.69, 9.17) is 0 Å². The molecule has 0 fully saturated rings. The second-order valence-electron chi connectivity index (χ2n) is 5.32. The highest BCUT2D eigenvalue weighted by Crippen LogP contribution is 2.35. The van der Waals surface area contributed by atoms with Gasteiger partial charge in [0, 0.05) is 16.5 Å². The van der Waals surface area contributed by atoms with Gasteiger partial charge in [0.05, 0.1) is 0 Å². The Hall–Kier alpha value is -3.00. The van der Waals surface area contributed by atoms with Crippen molar-refractivity contribution < 1.29 is 9.59 Å². The molecule has 0 atom stereocenters. The standard InChI is InChI=1S/C20H12O2/c21-11-18-15-7-3-4-8-16(15)19(12-22)20-14-6-2-1-5-13(14)9-10-17(18)20/h1-12H. The van der Waals surface area contributed by atoms with Crippen LogP contribution in [0.25, 0.3) is 32.3 Å². The fourth-order valence-electron chi connectivity index (χ4n) is 3.27. The van der Waals surface area contributed by atoms with Gasteiger partial charge in [-0.1, -0.05) is 60.7 Å². The highest BCUT2D eigenvalue weighted by Gasteiger charge is 2.14. The van der Waals surface area contributed by atoms with E-state index in [2.05, 4.69) is 0 Å². The van der Waals surface area contributed by atoms with Crippen LogP contribution < -0.4 is 0 Å².